The molecule has 2 fully saturated rings. The normalized spacial score (nSPS) is 25.0. The Morgan fingerprint density at radius 3 is 2.83 bits per heavy atom. The van der Waals surface area contributed by atoms with Gasteiger partial charge in [-0.15, -0.1) is 0 Å². The van der Waals surface area contributed by atoms with Gasteiger partial charge in [0, 0.05) is 25.7 Å². The molecule has 0 N–H and O–H groups in total. The summed E-state index contributed by atoms with van der Waals surface area (Å²) < 4.78 is 14.0. The van der Waals surface area contributed by atoms with Gasteiger partial charge in [-0.05, 0) is 37.9 Å². The smallest absolute Gasteiger partial charge is 0.148 e. The molecular formula is C14H18ClFN2. The van der Waals surface area contributed by atoms with E-state index >= 15 is 0 Å². The molecule has 3 rings (SSSR count). The third-order valence-corrected chi connectivity index (χ3v) is 4.36. The molecular weight excluding hydrogens is 251 g/mol. The Morgan fingerprint density at radius 1 is 1.17 bits per heavy atom. The van der Waals surface area contributed by atoms with Gasteiger partial charge in [0.25, 0.3) is 0 Å². The van der Waals surface area contributed by atoms with Gasteiger partial charge in [-0.1, -0.05) is 17.7 Å². The minimum absolute atomic E-state index is 0.200. The van der Waals surface area contributed by atoms with Crippen molar-refractivity contribution in [3.63, 3.8) is 0 Å². The second-order valence-electron chi connectivity index (χ2n) is 5.20. The van der Waals surface area contributed by atoms with Crippen molar-refractivity contribution in [2.24, 2.45) is 0 Å². The van der Waals surface area contributed by atoms with Crippen molar-refractivity contribution in [2.45, 2.75) is 25.3 Å². The van der Waals surface area contributed by atoms with Crippen LogP contribution in [0.15, 0.2) is 18.2 Å². The molecule has 0 amide bonds. The average molecular weight is 269 g/mol. The summed E-state index contributed by atoms with van der Waals surface area (Å²) in [6.45, 7) is 4.13. The van der Waals surface area contributed by atoms with Gasteiger partial charge in [-0.2, -0.15) is 0 Å². The highest BCUT2D eigenvalue weighted by Crippen LogP contribution is 2.32. The van der Waals surface area contributed by atoms with Gasteiger partial charge >= 0.3 is 0 Å². The number of rotatable bonds is 1. The van der Waals surface area contributed by atoms with Crippen LogP contribution in [0.1, 0.15) is 19.3 Å². The first-order valence-electron chi connectivity index (χ1n) is 6.69. The molecule has 98 valence electrons. The van der Waals surface area contributed by atoms with Crippen molar-refractivity contribution < 1.29 is 4.39 Å². The number of anilines is 1. The Balaban J connectivity index is 1.87. The molecule has 1 unspecified atom stereocenters. The van der Waals surface area contributed by atoms with Crippen molar-refractivity contribution in [3.8, 4) is 0 Å². The quantitative estimate of drug-likeness (QED) is 0.772. The minimum Gasteiger partial charge on any atom is -0.366 e. The summed E-state index contributed by atoms with van der Waals surface area (Å²) in [5, 5.41) is 0.529. The van der Waals surface area contributed by atoms with E-state index in [0.29, 0.717) is 16.8 Å². The summed E-state index contributed by atoms with van der Waals surface area (Å²) in [6, 6.07) is 5.51. The summed E-state index contributed by atoms with van der Waals surface area (Å²) in [6.07, 6.45) is 3.58. The maximum atomic E-state index is 14.0. The number of halogens is 2. The van der Waals surface area contributed by atoms with Gasteiger partial charge in [0.15, 0.2) is 0 Å². The van der Waals surface area contributed by atoms with E-state index in [2.05, 4.69) is 9.80 Å². The van der Waals surface area contributed by atoms with Crippen LogP contribution >= 0.6 is 11.6 Å². The van der Waals surface area contributed by atoms with Gasteiger partial charge in [0.2, 0.25) is 0 Å². The highest BCUT2D eigenvalue weighted by atomic mass is 35.5. The van der Waals surface area contributed by atoms with Gasteiger partial charge in [-0.3, -0.25) is 4.90 Å². The van der Waals surface area contributed by atoms with Crippen LogP contribution in [-0.4, -0.2) is 37.1 Å². The zero-order valence-corrected chi connectivity index (χ0v) is 11.2. The Hall–Kier alpha value is -0.800. The predicted molar refractivity (Wildman–Crippen MR) is 72.8 cm³/mol. The van der Waals surface area contributed by atoms with Gasteiger partial charge in [0.1, 0.15) is 5.82 Å². The van der Waals surface area contributed by atoms with Gasteiger partial charge < -0.3 is 4.90 Å². The van der Waals surface area contributed by atoms with E-state index in [0.717, 1.165) is 26.1 Å². The van der Waals surface area contributed by atoms with Crippen LogP contribution in [0, 0.1) is 5.82 Å². The number of fused-ring (bicyclic) bond motifs is 1. The molecule has 0 bridgehead atoms. The molecule has 2 aliphatic heterocycles. The maximum absolute atomic E-state index is 14.0. The molecule has 18 heavy (non-hydrogen) atoms. The molecule has 1 aromatic rings. The van der Waals surface area contributed by atoms with E-state index in [1.807, 2.05) is 0 Å². The SMILES string of the molecule is Fc1cccc(Cl)c1N1CCCN2CCCC2C1. The first kappa shape index (κ1) is 12.2. The Bertz CT molecular complexity index is 418. The molecule has 2 nitrogen and oxygen atoms in total. The lowest BCUT2D eigenvalue weighted by molar-refractivity contribution is 0.273. The summed E-state index contributed by atoms with van der Waals surface area (Å²) in [7, 11) is 0. The van der Waals surface area contributed by atoms with Gasteiger partial charge in [-0.25, -0.2) is 4.39 Å². The Kier molecular flexibility index (Phi) is 3.44. The van der Waals surface area contributed by atoms with E-state index in [1.165, 1.54) is 25.5 Å². The fourth-order valence-corrected chi connectivity index (χ4v) is 3.48. The zero-order valence-electron chi connectivity index (χ0n) is 10.4. The topological polar surface area (TPSA) is 6.48 Å². The largest absolute Gasteiger partial charge is 0.366 e. The number of hydrogen-bond donors (Lipinski definition) is 0. The summed E-state index contributed by atoms with van der Waals surface area (Å²) >= 11 is 6.16. The first-order chi connectivity index (χ1) is 8.75. The van der Waals surface area contributed by atoms with Gasteiger partial charge in [0.05, 0.1) is 10.7 Å². The third-order valence-electron chi connectivity index (χ3n) is 4.06. The van der Waals surface area contributed by atoms with Crippen LogP contribution in [0.4, 0.5) is 10.1 Å². The molecule has 0 aliphatic carbocycles. The third kappa shape index (κ3) is 2.21. The first-order valence-corrected chi connectivity index (χ1v) is 7.06. The van der Waals surface area contributed by atoms with E-state index in [4.69, 9.17) is 11.6 Å². The fourth-order valence-electron chi connectivity index (χ4n) is 3.20. The van der Waals surface area contributed by atoms with Crippen molar-refractivity contribution in [1.82, 2.24) is 4.90 Å². The number of hydrogen-bond acceptors (Lipinski definition) is 2. The lowest BCUT2D eigenvalue weighted by Crippen LogP contribution is -2.37. The second kappa shape index (κ2) is 5.06. The molecule has 1 atom stereocenters. The van der Waals surface area contributed by atoms with Crippen LogP contribution in [-0.2, 0) is 0 Å². The van der Waals surface area contributed by atoms with Crippen LogP contribution in [0.3, 0.4) is 0 Å². The molecule has 0 radical (unpaired) electrons. The monoisotopic (exact) mass is 268 g/mol. The van der Waals surface area contributed by atoms with Crippen molar-refractivity contribution in [2.75, 3.05) is 31.1 Å². The fraction of sp³-hybridized carbons (Fsp3) is 0.571. The summed E-state index contributed by atoms with van der Waals surface area (Å²) in [5.41, 5.74) is 0.591. The van der Waals surface area contributed by atoms with Crippen molar-refractivity contribution >= 4 is 17.3 Å². The maximum Gasteiger partial charge on any atom is 0.148 e. The molecule has 2 saturated heterocycles. The van der Waals surface area contributed by atoms with E-state index in [-0.39, 0.29) is 5.82 Å². The molecule has 4 heteroatoms. The van der Waals surface area contributed by atoms with E-state index in [1.54, 1.807) is 12.1 Å². The number of para-hydroxylation sites is 1. The standard InChI is InChI=1S/C14H18ClFN2/c15-12-5-1-6-13(16)14(12)18-9-3-8-17-7-2-4-11(17)10-18/h1,5-6,11H,2-4,7-10H2. The van der Waals surface area contributed by atoms with Crippen molar-refractivity contribution in [1.29, 1.82) is 0 Å². The lowest BCUT2D eigenvalue weighted by Gasteiger charge is -2.28. The lowest BCUT2D eigenvalue weighted by atomic mass is 10.2. The highest BCUT2D eigenvalue weighted by molar-refractivity contribution is 6.33. The van der Waals surface area contributed by atoms with E-state index in [9.17, 15) is 4.39 Å². The second-order valence-corrected chi connectivity index (χ2v) is 5.61. The van der Waals surface area contributed by atoms with Crippen LogP contribution in [0.25, 0.3) is 0 Å². The summed E-state index contributed by atoms with van der Waals surface area (Å²) in [4.78, 5) is 4.67. The van der Waals surface area contributed by atoms with E-state index < -0.39 is 0 Å². The van der Waals surface area contributed by atoms with Crippen LogP contribution < -0.4 is 4.90 Å². The zero-order chi connectivity index (χ0) is 12.5. The summed E-state index contributed by atoms with van der Waals surface area (Å²) in [5.74, 6) is -0.200. The predicted octanol–water partition coefficient (Wildman–Crippen LogP) is 3.15. The highest BCUT2D eigenvalue weighted by Gasteiger charge is 2.30. The Morgan fingerprint density at radius 2 is 2.00 bits per heavy atom. The molecule has 0 aromatic heterocycles. The molecule has 2 heterocycles. The molecule has 0 spiro atoms. The number of nitrogens with zero attached hydrogens (tertiary/aromatic N) is 2. The average Bonchev–Trinajstić information content (AvgIpc) is 2.68. The number of benzene rings is 1. The molecule has 2 aliphatic rings. The molecule has 1 aromatic carbocycles. The van der Waals surface area contributed by atoms with Crippen LogP contribution in [0.2, 0.25) is 5.02 Å². The van der Waals surface area contributed by atoms with Crippen molar-refractivity contribution in [3.05, 3.63) is 29.0 Å². The minimum atomic E-state index is -0.200. The van der Waals surface area contributed by atoms with Crippen LogP contribution in [0.5, 0.6) is 0 Å². The Labute approximate surface area is 112 Å². The molecule has 0 saturated carbocycles.